The molecule has 37 heavy (non-hydrogen) atoms. The number of aliphatic carboxylic acids is 3. The number of aliphatic hydroxyl groups is 1. The summed E-state index contributed by atoms with van der Waals surface area (Å²) in [5.41, 5.74) is -2.74. The molecule has 1 atom stereocenters. The molecular weight excluding hydrogens is 572 g/mol. The maximum Gasteiger partial charge on any atom is 0.336 e. The molecular formula is C24H35BrN2O9S. The summed E-state index contributed by atoms with van der Waals surface area (Å²) < 4.78 is 28.5. The molecule has 2 aliphatic heterocycles. The zero-order valence-corrected chi connectivity index (χ0v) is 23.2. The normalized spacial score (nSPS) is 19.7. The van der Waals surface area contributed by atoms with Gasteiger partial charge < -0.3 is 25.3 Å². The van der Waals surface area contributed by atoms with Crippen LogP contribution in [0.1, 0.15) is 51.9 Å². The monoisotopic (exact) mass is 606 g/mol. The topological polar surface area (TPSA) is 173 Å². The van der Waals surface area contributed by atoms with Crippen LogP contribution in [0.5, 0.6) is 0 Å². The van der Waals surface area contributed by atoms with Crippen LogP contribution in [-0.2, 0) is 24.4 Å². The average Bonchev–Trinajstić information content (AvgIpc) is 3.28. The van der Waals surface area contributed by atoms with E-state index in [9.17, 15) is 22.8 Å². The van der Waals surface area contributed by atoms with Crippen molar-refractivity contribution in [2.24, 2.45) is 5.92 Å². The molecule has 0 bridgehead atoms. The minimum atomic E-state index is -3.39. The third-order valence-corrected chi connectivity index (χ3v) is 9.11. The summed E-state index contributed by atoms with van der Waals surface area (Å²) in [6.45, 7) is 6.30. The first-order chi connectivity index (χ1) is 17.2. The standard InChI is InChI=1S/C18H27BrN2O2S.C6H8O7/c1-15-7-11-20(12-8-15)13-9-17-5-3-10-21(17)24(22,23)18-6-2-4-16(19)14-18;7-3(8)1-6(13,5(11)12)2-4(9)10/h2,4,6,14-15,17H,3,5,7-13H2,1H3;13H,1-2H2,(H,7,8)(H,9,10)(H,11,12). The van der Waals surface area contributed by atoms with Crippen molar-refractivity contribution < 1.29 is 43.2 Å². The molecule has 3 rings (SSSR count). The summed E-state index contributed by atoms with van der Waals surface area (Å²) in [7, 11) is -3.39. The summed E-state index contributed by atoms with van der Waals surface area (Å²) in [5.74, 6) is -4.18. The Balaban J connectivity index is 0.000000317. The van der Waals surface area contributed by atoms with Crippen LogP contribution in [0.25, 0.3) is 0 Å². The van der Waals surface area contributed by atoms with E-state index in [1.807, 2.05) is 6.07 Å². The number of piperidine rings is 1. The summed E-state index contributed by atoms with van der Waals surface area (Å²) in [4.78, 5) is 33.4. The van der Waals surface area contributed by atoms with E-state index in [0.717, 1.165) is 49.3 Å². The maximum absolute atomic E-state index is 13.0. The smallest absolute Gasteiger partial charge is 0.336 e. The van der Waals surface area contributed by atoms with E-state index in [4.69, 9.17) is 20.4 Å². The van der Waals surface area contributed by atoms with E-state index in [1.165, 1.54) is 12.8 Å². The zero-order valence-electron chi connectivity index (χ0n) is 20.8. The van der Waals surface area contributed by atoms with Crippen LogP contribution < -0.4 is 0 Å². The molecule has 2 heterocycles. The number of carboxylic acids is 3. The van der Waals surface area contributed by atoms with Crippen LogP contribution in [0.4, 0.5) is 0 Å². The Kier molecular flexibility index (Phi) is 11.5. The van der Waals surface area contributed by atoms with Gasteiger partial charge in [-0.25, -0.2) is 13.2 Å². The van der Waals surface area contributed by atoms with Crippen LogP contribution >= 0.6 is 15.9 Å². The molecule has 11 nitrogen and oxygen atoms in total. The van der Waals surface area contributed by atoms with Gasteiger partial charge in [-0.05, 0) is 75.9 Å². The highest BCUT2D eigenvalue weighted by Crippen LogP contribution is 2.29. The lowest BCUT2D eigenvalue weighted by Gasteiger charge is -2.32. The summed E-state index contributed by atoms with van der Waals surface area (Å²) in [5, 5.41) is 33.8. The van der Waals surface area contributed by atoms with Crippen molar-refractivity contribution in [3.05, 3.63) is 28.7 Å². The average molecular weight is 608 g/mol. The van der Waals surface area contributed by atoms with Gasteiger partial charge in [0.15, 0.2) is 5.60 Å². The Labute approximate surface area is 225 Å². The number of nitrogens with zero attached hydrogens (tertiary/aromatic N) is 2. The maximum atomic E-state index is 13.0. The molecule has 13 heteroatoms. The molecule has 4 N–H and O–H groups in total. The Hall–Kier alpha value is -2.06. The van der Waals surface area contributed by atoms with Crippen molar-refractivity contribution in [3.8, 4) is 0 Å². The highest BCUT2D eigenvalue weighted by atomic mass is 79.9. The zero-order chi connectivity index (χ0) is 27.8. The molecule has 0 amide bonds. The molecule has 2 aliphatic rings. The lowest BCUT2D eigenvalue weighted by atomic mass is 9.96. The number of hydrogen-bond acceptors (Lipinski definition) is 7. The van der Waals surface area contributed by atoms with Crippen LogP contribution in [0.2, 0.25) is 0 Å². The molecule has 1 aromatic carbocycles. The Bertz CT molecular complexity index is 1040. The number of carbonyl (C=O) groups is 3. The Morgan fingerprint density at radius 3 is 2.14 bits per heavy atom. The predicted molar refractivity (Wildman–Crippen MR) is 138 cm³/mol. The number of hydrogen-bond donors (Lipinski definition) is 4. The van der Waals surface area contributed by atoms with E-state index in [2.05, 4.69) is 27.8 Å². The van der Waals surface area contributed by atoms with Crippen molar-refractivity contribution >= 4 is 43.9 Å². The number of carboxylic acid groups (broad SMARTS) is 3. The third-order valence-electron chi connectivity index (χ3n) is 6.67. The molecule has 0 saturated carbocycles. The molecule has 0 aromatic heterocycles. The van der Waals surface area contributed by atoms with Crippen LogP contribution in [0.3, 0.4) is 0 Å². The van der Waals surface area contributed by atoms with Crippen molar-refractivity contribution in [2.75, 3.05) is 26.2 Å². The van der Waals surface area contributed by atoms with Crippen molar-refractivity contribution in [3.63, 3.8) is 0 Å². The molecule has 2 saturated heterocycles. The van der Waals surface area contributed by atoms with E-state index < -0.39 is 46.4 Å². The van der Waals surface area contributed by atoms with Crippen LogP contribution in [0, 0.1) is 5.92 Å². The van der Waals surface area contributed by atoms with Crippen molar-refractivity contribution in [1.82, 2.24) is 9.21 Å². The number of benzene rings is 1. The summed E-state index contributed by atoms with van der Waals surface area (Å²) in [6, 6.07) is 7.20. The minimum absolute atomic E-state index is 0.147. The Morgan fingerprint density at radius 1 is 1.03 bits per heavy atom. The van der Waals surface area contributed by atoms with Crippen LogP contribution in [-0.4, -0.2) is 93.8 Å². The minimum Gasteiger partial charge on any atom is -0.481 e. The van der Waals surface area contributed by atoms with Gasteiger partial charge >= 0.3 is 17.9 Å². The number of rotatable bonds is 10. The highest BCUT2D eigenvalue weighted by molar-refractivity contribution is 9.10. The number of halogens is 1. The number of sulfonamides is 1. The lowest BCUT2D eigenvalue weighted by Crippen LogP contribution is -2.42. The van der Waals surface area contributed by atoms with Crippen LogP contribution in [0.15, 0.2) is 33.6 Å². The fourth-order valence-corrected chi connectivity index (χ4v) is 6.83. The fourth-order valence-electron chi connectivity index (χ4n) is 4.51. The van der Waals surface area contributed by atoms with Gasteiger partial charge in [-0.15, -0.1) is 0 Å². The SMILES string of the molecule is CC1CCN(CCC2CCCN2S(=O)(=O)c2cccc(Br)c2)CC1.O=C(O)CC(O)(CC(=O)O)C(=O)O. The fraction of sp³-hybridized carbons (Fsp3) is 0.625. The second-order valence-corrected chi connectivity index (χ2v) is 12.5. The van der Waals surface area contributed by atoms with Gasteiger partial charge in [0.05, 0.1) is 17.7 Å². The molecule has 1 unspecified atom stereocenters. The third kappa shape index (κ3) is 9.32. The summed E-state index contributed by atoms with van der Waals surface area (Å²) >= 11 is 3.38. The van der Waals surface area contributed by atoms with Gasteiger partial charge in [-0.3, -0.25) is 9.59 Å². The van der Waals surface area contributed by atoms with Gasteiger partial charge in [0.1, 0.15) is 0 Å². The molecule has 208 valence electrons. The molecule has 0 aliphatic carbocycles. The van der Waals surface area contributed by atoms with Gasteiger partial charge in [-0.2, -0.15) is 4.31 Å². The quantitative estimate of drug-likeness (QED) is 0.310. The Morgan fingerprint density at radius 2 is 1.62 bits per heavy atom. The van der Waals surface area contributed by atoms with Gasteiger partial charge in [0.2, 0.25) is 10.0 Å². The molecule has 1 aromatic rings. The first-order valence-corrected chi connectivity index (χ1v) is 14.4. The van der Waals surface area contributed by atoms with E-state index in [0.29, 0.717) is 11.4 Å². The first-order valence-electron chi connectivity index (χ1n) is 12.1. The van der Waals surface area contributed by atoms with Gasteiger partial charge in [0.25, 0.3) is 0 Å². The van der Waals surface area contributed by atoms with Gasteiger partial charge in [-0.1, -0.05) is 28.9 Å². The number of likely N-dealkylation sites (tertiary alicyclic amines) is 1. The molecule has 2 fully saturated rings. The molecule has 0 spiro atoms. The van der Waals surface area contributed by atoms with E-state index >= 15 is 0 Å². The second kappa shape index (κ2) is 13.7. The van der Waals surface area contributed by atoms with E-state index in [-0.39, 0.29) is 6.04 Å². The van der Waals surface area contributed by atoms with Crippen molar-refractivity contribution in [2.45, 2.75) is 68.4 Å². The largest absolute Gasteiger partial charge is 0.481 e. The van der Waals surface area contributed by atoms with Crippen molar-refractivity contribution in [1.29, 1.82) is 0 Å². The van der Waals surface area contributed by atoms with Gasteiger partial charge in [0, 0.05) is 17.1 Å². The van der Waals surface area contributed by atoms with E-state index in [1.54, 1.807) is 22.5 Å². The molecule has 0 radical (unpaired) electrons. The summed E-state index contributed by atoms with van der Waals surface area (Å²) in [6.07, 6.45) is 3.15. The lowest BCUT2D eigenvalue weighted by molar-refractivity contribution is -0.170. The highest BCUT2D eigenvalue weighted by Gasteiger charge is 2.41. The second-order valence-electron chi connectivity index (χ2n) is 9.66. The predicted octanol–water partition coefficient (Wildman–Crippen LogP) is 2.48. The first kappa shape index (κ1) is 31.2.